The van der Waals surface area contributed by atoms with Gasteiger partial charge in [-0.05, 0) is 31.2 Å². The first-order valence-corrected chi connectivity index (χ1v) is 9.42. The fourth-order valence-corrected chi connectivity index (χ4v) is 3.56. The molecule has 9 nitrogen and oxygen atoms in total. The van der Waals surface area contributed by atoms with E-state index in [1.54, 1.807) is 49.0 Å². The fraction of sp³-hybridized carbons (Fsp3) is 0.0909. The van der Waals surface area contributed by atoms with Gasteiger partial charge in [0.2, 0.25) is 5.62 Å². The maximum absolute atomic E-state index is 13.5. The van der Waals surface area contributed by atoms with Crippen molar-refractivity contribution in [1.29, 1.82) is 5.26 Å². The molecular weight excluding hydrogens is 394 g/mol. The van der Waals surface area contributed by atoms with Crippen LogP contribution in [0.4, 0.5) is 0 Å². The second kappa shape index (κ2) is 7.68. The molecule has 154 valence electrons. The van der Waals surface area contributed by atoms with E-state index in [9.17, 15) is 14.9 Å². The number of aromatic nitrogens is 4. The van der Waals surface area contributed by atoms with Crippen molar-refractivity contribution in [2.45, 2.75) is 6.92 Å². The van der Waals surface area contributed by atoms with Crippen molar-refractivity contribution in [2.75, 3.05) is 0 Å². The van der Waals surface area contributed by atoms with Crippen LogP contribution in [0.15, 0.2) is 81.6 Å². The molecule has 0 aliphatic rings. The average molecular weight is 413 g/mol. The lowest BCUT2D eigenvalue weighted by Crippen LogP contribution is -2.42. The number of hydrogen-bond donors (Lipinski definition) is 1. The topological polar surface area (TPSA) is 116 Å². The van der Waals surface area contributed by atoms with Crippen LogP contribution in [0.3, 0.4) is 0 Å². The third-order valence-electron chi connectivity index (χ3n) is 5.12. The zero-order valence-corrected chi connectivity index (χ0v) is 16.9. The molecule has 0 bridgehead atoms. The van der Waals surface area contributed by atoms with Crippen LogP contribution >= 0.6 is 0 Å². The highest BCUT2D eigenvalue weighted by Gasteiger charge is 2.21. The second-order valence-electron chi connectivity index (χ2n) is 6.84. The molecule has 0 aliphatic carbocycles. The minimum absolute atomic E-state index is 0.0150. The molecule has 2 aromatic heterocycles. The molecule has 0 amide bonds. The lowest BCUT2D eigenvalue weighted by Gasteiger charge is -2.12. The van der Waals surface area contributed by atoms with Gasteiger partial charge in [0.05, 0.1) is 17.1 Å². The van der Waals surface area contributed by atoms with E-state index in [4.69, 9.17) is 5.84 Å². The first-order chi connectivity index (χ1) is 15.0. The van der Waals surface area contributed by atoms with Crippen LogP contribution in [0.25, 0.3) is 17.1 Å². The van der Waals surface area contributed by atoms with Gasteiger partial charge in [-0.25, -0.2) is 9.25 Å². The smallest absolute Gasteiger partial charge is 0.296 e. The van der Waals surface area contributed by atoms with Crippen molar-refractivity contribution in [2.24, 2.45) is 18.0 Å². The number of para-hydroxylation sites is 2. The summed E-state index contributed by atoms with van der Waals surface area (Å²) in [5, 5.41) is 13.4. The summed E-state index contributed by atoms with van der Waals surface area (Å²) in [6.45, 7) is 1.77. The highest BCUT2D eigenvalue weighted by Crippen LogP contribution is 2.13. The molecule has 0 saturated carbocycles. The van der Waals surface area contributed by atoms with Crippen molar-refractivity contribution in [1.82, 2.24) is 18.5 Å². The lowest BCUT2D eigenvalue weighted by molar-refractivity contribution is 0.630. The van der Waals surface area contributed by atoms with E-state index >= 15 is 0 Å². The zero-order chi connectivity index (χ0) is 22.1. The van der Waals surface area contributed by atoms with E-state index < -0.39 is 5.56 Å². The maximum atomic E-state index is 13.5. The Hall–Kier alpha value is -4.58. The number of nitrogens with zero attached hydrogens (tertiary/aromatic N) is 6. The van der Waals surface area contributed by atoms with E-state index in [-0.39, 0.29) is 22.4 Å². The normalized spacial score (nSPS) is 11.5. The molecule has 2 heterocycles. The van der Waals surface area contributed by atoms with Gasteiger partial charge in [0.15, 0.2) is 0 Å². The number of rotatable bonds is 3. The fourth-order valence-electron chi connectivity index (χ4n) is 3.56. The Balaban J connectivity index is 2.14. The molecule has 0 unspecified atom stereocenters. The van der Waals surface area contributed by atoms with E-state index in [0.29, 0.717) is 17.1 Å². The molecule has 2 N–H and O–H groups in total. The van der Waals surface area contributed by atoms with Crippen LogP contribution in [0.5, 0.6) is 0 Å². The minimum Gasteiger partial charge on any atom is -0.320 e. The Morgan fingerprint density at radius 2 is 1.52 bits per heavy atom. The predicted octanol–water partition coefficient (Wildman–Crippen LogP) is 1.07. The van der Waals surface area contributed by atoms with Crippen LogP contribution in [0.2, 0.25) is 0 Å². The monoisotopic (exact) mass is 413 g/mol. The summed E-state index contributed by atoms with van der Waals surface area (Å²) < 4.78 is 5.81. The largest absolute Gasteiger partial charge is 0.320 e. The highest BCUT2D eigenvalue weighted by atomic mass is 16.1. The SMILES string of the molecule is Cc1c(-n2cc(C#N)c(=O)n(-c3ccccc3)/c2=N\N)c(=O)n(-c2ccccc2)n1C. The number of benzene rings is 2. The van der Waals surface area contributed by atoms with Crippen LogP contribution in [0, 0.1) is 18.3 Å². The van der Waals surface area contributed by atoms with Gasteiger partial charge in [-0.1, -0.05) is 36.4 Å². The minimum atomic E-state index is -0.578. The number of hydrogen-bond acceptors (Lipinski definition) is 5. The molecule has 0 radical (unpaired) electrons. The van der Waals surface area contributed by atoms with Crippen molar-refractivity contribution in [3.05, 3.63) is 104 Å². The van der Waals surface area contributed by atoms with Crippen molar-refractivity contribution in [3.63, 3.8) is 0 Å². The van der Waals surface area contributed by atoms with E-state index in [1.165, 1.54) is 20.0 Å². The summed E-state index contributed by atoms with van der Waals surface area (Å²) >= 11 is 0. The lowest BCUT2D eigenvalue weighted by atomic mass is 10.3. The molecule has 4 rings (SSSR count). The van der Waals surface area contributed by atoms with Crippen molar-refractivity contribution >= 4 is 0 Å². The highest BCUT2D eigenvalue weighted by molar-refractivity contribution is 5.43. The van der Waals surface area contributed by atoms with Crippen LogP contribution in [0.1, 0.15) is 11.3 Å². The van der Waals surface area contributed by atoms with Crippen molar-refractivity contribution < 1.29 is 0 Å². The second-order valence-corrected chi connectivity index (χ2v) is 6.84. The predicted molar refractivity (Wildman–Crippen MR) is 115 cm³/mol. The van der Waals surface area contributed by atoms with Crippen LogP contribution in [-0.2, 0) is 7.05 Å². The third kappa shape index (κ3) is 3.07. The Morgan fingerprint density at radius 3 is 2.06 bits per heavy atom. The number of nitrogens with two attached hydrogens (primary N) is 1. The van der Waals surface area contributed by atoms with Gasteiger partial charge >= 0.3 is 0 Å². The molecule has 4 aromatic rings. The molecule has 0 aliphatic heterocycles. The Morgan fingerprint density at radius 1 is 0.935 bits per heavy atom. The van der Waals surface area contributed by atoms with Crippen LogP contribution < -0.4 is 22.6 Å². The summed E-state index contributed by atoms with van der Waals surface area (Å²) in [5.74, 6) is 5.69. The third-order valence-corrected chi connectivity index (χ3v) is 5.12. The Kier molecular flexibility index (Phi) is 4.89. The van der Waals surface area contributed by atoms with Crippen molar-refractivity contribution in [3.8, 4) is 23.1 Å². The summed E-state index contributed by atoms with van der Waals surface area (Å²) in [7, 11) is 1.76. The first kappa shape index (κ1) is 19.7. The van der Waals surface area contributed by atoms with Gasteiger partial charge in [0.25, 0.3) is 11.1 Å². The molecule has 2 aromatic carbocycles. The Bertz CT molecular complexity index is 1500. The molecule has 0 atom stereocenters. The van der Waals surface area contributed by atoms with Gasteiger partial charge in [-0.3, -0.25) is 18.8 Å². The van der Waals surface area contributed by atoms with Crippen LogP contribution in [-0.4, -0.2) is 18.5 Å². The molecule has 0 fully saturated rings. The van der Waals surface area contributed by atoms with E-state index in [2.05, 4.69) is 5.10 Å². The summed E-state index contributed by atoms with van der Waals surface area (Å²) in [6, 6.07) is 19.8. The molecule has 0 spiro atoms. The van der Waals surface area contributed by atoms with Gasteiger partial charge in [-0.15, -0.1) is 5.10 Å². The standard InChI is InChI=1S/C22H19N7O2/c1-15-19(21(31)29(26(15)2)18-11-7-4-8-12-18)27-14-16(13-23)20(30)28(22(27)25-24)17-9-5-3-6-10-17/h3-12,14H,24H2,1-2H3/b25-22-. The van der Waals surface area contributed by atoms with Gasteiger partial charge < -0.3 is 5.84 Å². The first-order valence-electron chi connectivity index (χ1n) is 9.42. The maximum Gasteiger partial charge on any atom is 0.296 e. The van der Waals surface area contributed by atoms with Gasteiger partial charge in [0.1, 0.15) is 17.3 Å². The number of nitriles is 1. The average Bonchev–Trinajstić information content (AvgIpc) is 3.02. The quantitative estimate of drug-likeness (QED) is 0.399. The van der Waals surface area contributed by atoms with E-state index in [1.807, 2.05) is 36.4 Å². The summed E-state index contributed by atoms with van der Waals surface area (Å²) in [5.41, 5.74) is 0.927. The molecule has 31 heavy (non-hydrogen) atoms. The van der Waals surface area contributed by atoms with Gasteiger partial charge in [0, 0.05) is 13.2 Å². The van der Waals surface area contributed by atoms with E-state index in [0.717, 1.165) is 0 Å². The molecule has 0 saturated heterocycles. The zero-order valence-electron chi connectivity index (χ0n) is 16.9. The summed E-state index contributed by atoms with van der Waals surface area (Å²) in [4.78, 5) is 26.4. The Labute approximate surface area is 176 Å². The summed E-state index contributed by atoms with van der Waals surface area (Å²) in [6.07, 6.45) is 1.30. The van der Waals surface area contributed by atoms with Gasteiger partial charge in [-0.2, -0.15) is 5.26 Å². The molecular formula is C22H19N7O2. The molecule has 9 heteroatoms.